The number of benzene rings is 1. The van der Waals surface area contributed by atoms with Crippen LogP contribution in [0.25, 0.3) is 0 Å². The number of ether oxygens (including phenoxy) is 2. The molecule has 106 valence electrons. The van der Waals surface area contributed by atoms with Crippen molar-refractivity contribution in [2.45, 2.75) is 25.8 Å². The van der Waals surface area contributed by atoms with Gasteiger partial charge in [-0.15, -0.1) is 0 Å². The highest BCUT2D eigenvalue weighted by molar-refractivity contribution is 5.56. The minimum Gasteiger partial charge on any atom is -0.493 e. The van der Waals surface area contributed by atoms with Gasteiger partial charge in [-0.05, 0) is 18.6 Å². The van der Waals surface area contributed by atoms with Crippen LogP contribution >= 0.6 is 0 Å². The van der Waals surface area contributed by atoms with Gasteiger partial charge in [-0.3, -0.25) is 0 Å². The Kier molecular flexibility index (Phi) is 4.91. The summed E-state index contributed by atoms with van der Waals surface area (Å²) in [6.45, 7) is 5.37. The second-order valence-corrected chi connectivity index (χ2v) is 4.93. The van der Waals surface area contributed by atoms with Crippen LogP contribution < -0.4 is 19.7 Å². The molecule has 2 rings (SSSR count). The van der Waals surface area contributed by atoms with E-state index in [1.165, 1.54) is 18.5 Å². The lowest BCUT2D eigenvalue weighted by molar-refractivity contribution is 0.354. The molecule has 1 aliphatic rings. The summed E-state index contributed by atoms with van der Waals surface area (Å²) in [5.41, 5.74) is 1.21. The fourth-order valence-corrected chi connectivity index (χ4v) is 2.62. The number of methoxy groups -OCH3 is 2. The van der Waals surface area contributed by atoms with Crippen molar-refractivity contribution in [1.82, 2.24) is 5.32 Å². The van der Waals surface area contributed by atoms with E-state index >= 15 is 0 Å². The first-order chi connectivity index (χ1) is 9.28. The molecule has 1 heterocycles. The van der Waals surface area contributed by atoms with Crippen LogP contribution in [-0.2, 0) is 0 Å². The van der Waals surface area contributed by atoms with Crippen LogP contribution in [0.2, 0.25) is 0 Å². The second kappa shape index (κ2) is 6.66. The Morgan fingerprint density at radius 2 is 2.05 bits per heavy atom. The van der Waals surface area contributed by atoms with Gasteiger partial charge >= 0.3 is 0 Å². The molecule has 1 N–H and O–H groups in total. The molecular formula is C15H24N2O2. The van der Waals surface area contributed by atoms with Gasteiger partial charge in [0.05, 0.1) is 14.2 Å². The monoisotopic (exact) mass is 264 g/mol. The minimum atomic E-state index is 0.590. The first-order valence-corrected chi connectivity index (χ1v) is 6.98. The van der Waals surface area contributed by atoms with E-state index in [1.54, 1.807) is 14.2 Å². The van der Waals surface area contributed by atoms with Gasteiger partial charge in [0, 0.05) is 37.4 Å². The number of nitrogens with zero attached hydrogens (tertiary/aromatic N) is 1. The average Bonchev–Trinajstić information content (AvgIpc) is 2.47. The van der Waals surface area contributed by atoms with Crippen LogP contribution in [-0.4, -0.2) is 39.9 Å². The first-order valence-electron chi connectivity index (χ1n) is 6.98. The van der Waals surface area contributed by atoms with Crippen LogP contribution in [0.15, 0.2) is 18.2 Å². The molecule has 1 atom stereocenters. The van der Waals surface area contributed by atoms with Gasteiger partial charge in [0.15, 0.2) is 11.5 Å². The Hall–Kier alpha value is -1.42. The van der Waals surface area contributed by atoms with Crippen molar-refractivity contribution in [2.24, 2.45) is 0 Å². The van der Waals surface area contributed by atoms with Gasteiger partial charge in [0.25, 0.3) is 0 Å². The number of anilines is 1. The van der Waals surface area contributed by atoms with Crippen molar-refractivity contribution >= 4 is 5.69 Å². The van der Waals surface area contributed by atoms with Crippen molar-refractivity contribution in [2.75, 3.05) is 38.8 Å². The Morgan fingerprint density at radius 3 is 2.74 bits per heavy atom. The number of hydrogen-bond donors (Lipinski definition) is 1. The molecule has 0 aliphatic carbocycles. The topological polar surface area (TPSA) is 33.7 Å². The molecule has 0 amide bonds. The van der Waals surface area contributed by atoms with E-state index < -0.39 is 0 Å². The first kappa shape index (κ1) is 14.0. The summed E-state index contributed by atoms with van der Waals surface area (Å²) in [5, 5.41) is 3.57. The highest BCUT2D eigenvalue weighted by atomic mass is 16.5. The normalized spacial score (nSPS) is 19.3. The molecule has 1 aromatic carbocycles. The van der Waals surface area contributed by atoms with Crippen molar-refractivity contribution < 1.29 is 9.47 Å². The maximum atomic E-state index is 5.37. The summed E-state index contributed by atoms with van der Waals surface area (Å²) in [6.07, 6.45) is 2.45. The van der Waals surface area contributed by atoms with Crippen molar-refractivity contribution in [3.8, 4) is 11.5 Å². The van der Waals surface area contributed by atoms with Gasteiger partial charge < -0.3 is 19.7 Å². The van der Waals surface area contributed by atoms with Crippen molar-refractivity contribution in [3.05, 3.63) is 18.2 Å². The van der Waals surface area contributed by atoms with E-state index in [2.05, 4.69) is 29.3 Å². The number of hydrogen-bond acceptors (Lipinski definition) is 4. The lowest BCUT2D eigenvalue weighted by Gasteiger charge is -2.35. The molecule has 0 radical (unpaired) electrons. The molecule has 19 heavy (non-hydrogen) atoms. The molecule has 1 fully saturated rings. The van der Waals surface area contributed by atoms with Gasteiger partial charge in [0.2, 0.25) is 0 Å². The SMILES string of the molecule is CCCC1CN(c2ccc(OC)c(OC)c2)CCN1. The number of piperazine rings is 1. The molecule has 4 heteroatoms. The van der Waals surface area contributed by atoms with Crippen molar-refractivity contribution in [1.29, 1.82) is 0 Å². The fourth-order valence-electron chi connectivity index (χ4n) is 2.62. The Morgan fingerprint density at radius 1 is 1.26 bits per heavy atom. The molecule has 0 saturated carbocycles. The molecule has 0 spiro atoms. The average molecular weight is 264 g/mol. The zero-order valence-electron chi connectivity index (χ0n) is 12.1. The molecule has 0 aromatic heterocycles. The van der Waals surface area contributed by atoms with E-state index in [-0.39, 0.29) is 0 Å². The molecule has 1 aromatic rings. The Labute approximate surface area is 115 Å². The van der Waals surface area contributed by atoms with Crippen LogP contribution in [0.5, 0.6) is 11.5 Å². The second-order valence-electron chi connectivity index (χ2n) is 4.93. The summed E-state index contributed by atoms with van der Waals surface area (Å²) in [6, 6.07) is 6.74. The standard InChI is InChI=1S/C15H24N2O2/c1-4-5-12-11-17(9-8-16-12)13-6-7-14(18-2)15(10-13)19-3/h6-7,10,12,16H,4-5,8-9,11H2,1-3H3. The highest BCUT2D eigenvalue weighted by Crippen LogP contribution is 2.31. The van der Waals surface area contributed by atoms with Gasteiger partial charge in [-0.2, -0.15) is 0 Å². The Bertz CT molecular complexity index is 407. The fraction of sp³-hybridized carbons (Fsp3) is 0.600. The van der Waals surface area contributed by atoms with Gasteiger partial charge in [0.1, 0.15) is 0 Å². The van der Waals surface area contributed by atoms with Crippen LogP contribution in [0.3, 0.4) is 0 Å². The zero-order valence-corrected chi connectivity index (χ0v) is 12.1. The van der Waals surface area contributed by atoms with Crippen LogP contribution in [0.1, 0.15) is 19.8 Å². The number of rotatable bonds is 5. The lowest BCUT2D eigenvalue weighted by atomic mass is 10.1. The van der Waals surface area contributed by atoms with E-state index in [4.69, 9.17) is 9.47 Å². The smallest absolute Gasteiger partial charge is 0.162 e. The molecule has 1 saturated heterocycles. The maximum absolute atomic E-state index is 5.37. The van der Waals surface area contributed by atoms with Gasteiger partial charge in [-0.25, -0.2) is 0 Å². The van der Waals surface area contributed by atoms with E-state index in [0.29, 0.717) is 6.04 Å². The molecule has 1 unspecified atom stereocenters. The van der Waals surface area contributed by atoms with E-state index in [9.17, 15) is 0 Å². The van der Waals surface area contributed by atoms with Crippen LogP contribution in [0.4, 0.5) is 5.69 Å². The third-order valence-electron chi connectivity index (χ3n) is 3.62. The molecule has 0 bridgehead atoms. The van der Waals surface area contributed by atoms with E-state index in [1.807, 2.05) is 6.07 Å². The summed E-state index contributed by atoms with van der Waals surface area (Å²) in [5.74, 6) is 1.58. The predicted octanol–water partition coefficient (Wildman–Crippen LogP) is 2.28. The summed E-state index contributed by atoms with van der Waals surface area (Å²) >= 11 is 0. The van der Waals surface area contributed by atoms with E-state index in [0.717, 1.165) is 31.1 Å². The van der Waals surface area contributed by atoms with Crippen LogP contribution in [0, 0.1) is 0 Å². The van der Waals surface area contributed by atoms with Gasteiger partial charge in [-0.1, -0.05) is 13.3 Å². The maximum Gasteiger partial charge on any atom is 0.162 e. The largest absolute Gasteiger partial charge is 0.493 e. The molecule has 4 nitrogen and oxygen atoms in total. The summed E-state index contributed by atoms with van der Waals surface area (Å²) < 4.78 is 10.7. The lowest BCUT2D eigenvalue weighted by Crippen LogP contribution is -2.50. The number of nitrogens with one attached hydrogen (secondary N) is 1. The predicted molar refractivity (Wildman–Crippen MR) is 78.5 cm³/mol. The third-order valence-corrected chi connectivity index (χ3v) is 3.62. The quantitative estimate of drug-likeness (QED) is 0.884. The zero-order chi connectivity index (χ0) is 13.7. The van der Waals surface area contributed by atoms with Crippen molar-refractivity contribution in [3.63, 3.8) is 0 Å². The minimum absolute atomic E-state index is 0.590. The summed E-state index contributed by atoms with van der Waals surface area (Å²) in [7, 11) is 3.35. The Balaban J connectivity index is 2.12. The summed E-state index contributed by atoms with van der Waals surface area (Å²) in [4.78, 5) is 2.42. The third kappa shape index (κ3) is 3.32. The highest BCUT2D eigenvalue weighted by Gasteiger charge is 2.19. The molecule has 1 aliphatic heterocycles. The molecular weight excluding hydrogens is 240 g/mol.